The zero-order valence-electron chi connectivity index (χ0n) is 9.21. The maximum Gasteiger partial charge on any atom is 0.136 e. The van der Waals surface area contributed by atoms with Gasteiger partial charge in [-0.05, 0) is 46.0 Å². The van der Waals surface area contributed by atoms with Crippen LogP contribution in [0.4, 0.5) is 0 Å². The van der Waals surface area contributed by atoms with Crippen LogP contribution in [0.1, 0.15) is 30.4 Å². The van der Waals surface area contributed by atoms with Gasteiger partial charge in [-0.1, -0.05) is 13.0 Å². The molecule has 0 amide bonds. The number of methoxy groups -OCH3 is 1. The summed E-state index contributed by atoms with van der Waals surface area (Å²) in [5.41, 5.74) is 2.24. The summed E-state index contributed by atoms with van der Waals surface area (Å²) in [5, 5.41) is 0. The van der Waals surface area contributed by atoms with E-state index in [1.54, 1.807) is 7.11 Å². The highest BCUT2D eigenvalue weighted by molar-refractivity contribution is 9.10. The van der Waals surface area contributed by atoms with E-state index < -0.39 is 0 Å². The number of halogens is 1. The van der Waals surface area contributed by atoms with E-state index >= 15 is 0 Å². The lowest BCUT2D eigenvalue weighted by Gasteiger charge is -2.15. The zero-order chi connectivity index (χ0) is 11.4. The standard InChI is InChI=1S/C12H15BrO2/c1-8-6-10(9(2)4-5-14)12(15-3)11(13)7-8/h5-7,9H,4H2,1-3H3. The van der Waals surface area contributed by atoms with Crippen LogP contribution in [0.5, 0.6) is 5.75 Å². The van der Waals surface area contributed by atoms with Gasteiger partial charge in [0.2, 0.25) is 0 Å². The smallest absolute Gasteiger partial charge is 0.136 e. The first-order valence-electron chi connectivity index (χ1n) is 4.87. The van der Waals surface area contributed by atoms with Crippen LogP contribution < -0.4 is 4.74 Å². The molecule has 2 nitrogen and oxygen atoms in total. The minimum Gasteiger partial charge on any atom is -0.495 e. The Morgan fingerprint density at radius 2 is 2.20 bits per heavy atom. The number of aryl methyl sites for hydroxylation is 1. The van der Waals surface area contributed by atoms with E-state index in [1.165, 1.54) is 0 Å². The first-order chi connectivity index (χ1) is 7.10. The molecule has 0 fully saturated rings. The predicted molar refractivity (Wildman–Crippen MR) is 64.5 cm³/mol. The maximum absolute atomic E-state index is 10.5. The molecular formula is C12H15BrO2. The summed E-state index contributed by atoms with van der Waals surface area (Å²) in [7, 11) is 1.65. The molecule has 1 atom stereocenters. The fourth-order valence-corrected chi connectivity index (χ4v) is 2.36. The molecule has 3 heteroatoms. The van der Waals surface area contributed by atoms with Gasteiger partial charge in [0.05, 0.1) is 11.6 Å². The molecule has 0 aliphatic rings. The third kappa shape index (κ3) is 2.81. The third-order valence-electron chi connectivity index (χ3n) is 2.40. The van der Waals surface area contributed by atoms with Crippen molar-refractivity contribution in [3.05, 3.63) is 27.7 Å². The lowest BCUT2D eigenvalue weighted by molar-refractivity contribution is -0.108. The van der Waals surface area contributed by atoms with Crippen molar-refractivity contribution >= 4 is 22.2 Å². The Balaban J connectivity index is 3.19. The first kappa shape index (κ1) is 12.2. The molecule has 0 radical (unpaired) electrons. The maximum atomic E-state index is 10.5. The number of hydrogen-bond acceptors (Lipinski definition) is 2. The van der Waals surface area contributed by atoms with Crippen molar-refractivity contribution in [1.29, 1.82) is 0 Å². The Labute approximate surface area is 98.8 Å². The molecule has 0 aliphatic heterocycles. The number of carbonyl (C=O) groups is 1. The number of benzene rings is 1. The van der Waals surface area contributed by atoms with Crippen LogP contribution in [-0.4, -0.2) is 13.4 Å². The number of rotatable bonds is 4. The van der Waals surface area contributed by atoms with Gasteiger partial charge in [-0.15, -0.1) is 0 Å². The van der Waals surface area contributed by atoms with Crippen LogP contribution in [0, 0.1) is 6.92 Å². The molecule has 82 valence electrons. The lowest BCUT2D eigenvalue weighted by Crippen LogP contribution is -2.00. The monoisotopic (exact) mass is 270 g/mol. The molecule has 1 aromatic carbocycles. The fourth-order valence-electron chi connectivity index (χ4n) is 1.61. The lowest BCUT2D eigenvalue weighted by atomic mass is 9.96. The van der Waals surface area contributed by atoms with Crippen molar-refractivity contribution in [2.75, 3.05) is 7.11 Å². The molecule has 0 saturated heterocycles. The van der Waals surface area contributed by atoms with Gasteiger partial charge >= 0.3 is 0 Å². The second-order valence-corrected chi connectivity index (χ2v) is 4.53. The number of carbonyl (C=O) groups excluding carboxylic acids is 1. The van der Waals surface area contributed by atoms with Gasteiger partial charge < -0.3 is 9.53 Å². The van der Waals surface area contributed by atoms with Crippen molar-refractivity contribution < 1.29 is 9.53 Å². The molecule has 0 heterocycles. The van der Waals surface area contributed by atoms with Gasteiger partial charge in [-0.3, -0.25) is 0 Å². The Morgan fingerprint density at radius 1 is 1.53 bits per heavy atom. The van der Waals surface area contributed by atoms with Gasteiger partial charge in [0.25, 0.3) is 0 Å². The summed E-state index contributed by atoms with van der Waals surface area (Å²) in [6.45, 7) is 4.06. The van der Waals surface area contributed by atoms with Gasteiger partial charge in [-0.25, -0.2) is 0 Å². The summed E-state index contributed by atoms with van der Waals surface area (Å²) in [5.74, 6) is 1.02. The molecule has 0 aliphatic carbocycles. The van der Waals surface area contributed by atoms with Crippen molar-refractivity contribution in [3.63, 3.8) is 0 Å². The molecule has 0 bridgehead atoms. The number of hydrogen-bond donors (Lipinski definition) is 0. The largest absolute Gasteiger partial charge is 0.495 e. The number of aldehydes is 1. The molecule has 15 heavy (non-hydrogen) atoms. The van der Waals surface area contributed by atoms with E-state index in [-0.39, 0.29) is 5.92 Å². The van der Waals surface area contributed by atoms with Gasteiger partial charge in [0.1, 0.15) is 12.0 Å². The van der Waals surface area contributed by atoms with Crippen molar-refractivity contribution in [3.8, 4) is 5.75 Å². The van der Waals surface area contributed by atoms with Crippen LogP contribution in [-0.2, 0) is 4.79 Å². The molecular weight excluding hydrogens is 256 g/mol. The second-order valence-electron chi connectivity index (χ2n) is 3.67. The second kappa shape index (κ2) is 5.31. The van der Waals surface area contributed by atoms with E-state index in [0.29, 0.717) is 6.42 Å². The van der Waals surface area contributed by atoms with Crippen molar-refractivity contribution in [2.45, 2.75) is 26.2 Å². The minimum absolute atomic E-state index is 0.189. The van der Waals surface area contributed by atoms with Gasteiger partial charge in [0.15, 0.2) is 0 Å². The summed E-state index contributed by atoms with van der Waals surface area (Å²) in [4.78, 5) is 10.5. The summed E-state index contributed by atoms with van der Waals surface area (Å²) in [6, 6.07) is 4.08. The molecule has 0 spiro atoms. The minimum atomic E-state index is 0.189. The topological polar surface area (TPSA) is 26.3 Å². The predicted octanol–water partition coefficient (Wildman–Crippen LogP) is 3.46. The fraction of sp³-hybridized carbons (Fsp3) is 0.417. The van der Waals surface area contributed by atoms with Crippen molar-refractivity contribution in [1.82, 2.24) is 0 Å². The van der Waals surface area contributed by atoms with Crippen molar-refractivity contribution in [2.24, 2.45) is 0 Å². The van der Waals surface area contributed by atoms with Gasteiger partial charge in [-0.2, -0.15) is 0 Å². The third-order valence-corrected chi connectivity index (χ3v) is 2.99. The summed E-state index contributed by atoms with van der Waals surface area (Å²) < 4.78 is 6.28. The quantitative estimate of drug-likeness (QED) is 0.784. The average molecular weight is 271 g/mol. The Morgan fingerprint density at radius 3 is 2.73 bits per heavy atom. The molecule has 1 unspecified atom stereocenters. The normalized spacial score (nSPS) is 12.3. The van der Waals surface area contributed by atoms with Crippen LogP contribution in [0.3, 0.4) is 0 Å². The Hall–Kier alpha value is -0.830. The van der Waals surface area contributed by atoms with Crippen LogP contribution >= 0.6 is 15.9 Å². The van der Waals surface area contributed by atoms with Crippen LogP contribution in [0.2, 0.25) is 0 Å². The highest BCUT2D eigenvalue weighted by Gasteiger charge is 2.14. The Bertz CT molecular complexity index is 361. The summed E-state index contributed by atoms with van der Waals surface area (Å²) >= 11 is 3.46. The number of ether oxygens (including phenoxy) is 1. The SMILES string of the molecule is COc1c(Br)cc(C)cc1C(C)CC=O. The Kier molecular flexibility index (Phi) is 4.33. The first-order valence-corrected chi connectivity index (χ1v) is 5.67. The average Bonchev–Trinajstić information content (AvgIpc) is 2.17. The zero-order valence-corrected chi connectivity index (χ0v) is 10.8. The molecule has 1 rings (SSSR count). The van der Waals surface area contributed by atoms with E-state index in [2.05, 4.69) is 22.0 Å². The van der Waals surface area contributed by atoms with E-state index in [9.17, 15) is 4.79 Å². The van der Waals surface area contributed by atoms with Crippen LogP contribution in [0.25, 0.3) is 0 Å². The molecule has 0 N–H and O–H groups in total. The van der Waals surface area contributed by atoms with E-state index in [1.807, 2.05) is 19.9 Å². The molecule has 1 aromatic rings. The highest BCUT2D eigenvalue weighted by Crippen LogP contribution is 2.35. The summed E-state index contributed by atoms with van der Waals surface area (Å²) in [6.07, 6.45) is 1.46. The van der Waals surface area contributed by atoms with Gasteiger partial charge in [0, 0.05) is 6.42 Å². The molecule has 0 aromatic heterocycles. The highest BCUT2D eigenvalue weighted by atomic mass is 79.9. The van der Waals surface area contributed by atoms with E-state index in [4.69, 9.17) is 4.74 Å². The van der Waals surface area contributed by atoms with E-state index in [0.717, 1.165) is 27.6 Å². The van der Waals surface area contributed by atoms with Crippen LogP contribution in [0.15, 0.2) is 16.6 Å². The molecule has 0 saturated carbocycles.